The van der Waals surface area contributed by atoms with E-state index < -0.39 is 0 Å². The molecule has 0 aliphatic heterocycles. The summed E-state index contributed by atoms with van der Waals surface area (Å²) in [5, 5.41) is 21.6. The van der Waals surface area contributed by atoms with Gasteiger partial charge in [0.05, 0.1) is 0 Å². The first-order valence-corrected chi connectivity index (χ1v) is 4.77. The molecular weight excluding hydrogens is 216 g/mol. The summed E-state index contributed by atoms with van der Waals surface area (Å²) in [5.74, 6) is 0.667. The van der Waals surface area contributed by atoms with E-state index in [4.69, 9.17) is 10.8 Å². The molecule has 0 aromatic carbocycles. The fraction of sp³-hybridized carbons (Fsp3) is 0.750. The van der Waals surface area contributed by atoms with Crippen molar-refractivity contribution >= 4 is 24.1 Å². The first kappa shape index (κ1) is 16.3. The Morgan fingerprint density at radius 3 is 1.53 bits per heavy atom. The average molecular weight is 235 g/mol. The van der Waals surface area contributed by atoms with Crippen molar-refractivity contribution in [2.24, 2.45) is 10.4 Å². The van der Waals surface area contributed by atoms with E-state index in [1.807, 2.05) is 13.8 Å². The number of halogens is 1. The van der Waals surface area contributed by atoms with E-state index in [0.29, 0.717) is 24.5 Å². The van der Waals surface area contributed by atoms with E-state index in [1.165, 1.54) is 0 Å². The molecule has 0 saturated carbocycles. The summed E-state index contributed by atoms with van der Waals surface area (Å²) in [6, 6.07) is 0. The number of amidine groups is 2. The molecule has 0 aromatic rings. The summed E-state index contributed by atoms with van der Waals surface area (Å²) in [7, 11) is 0. The molecular formula is C8H19ClN6. The Bertz CT molecular complexity index is 193. The molecule has 0 rings (SSSR count). The van der Waals surface area contributed by atoms with Crippen molar-refractivity contribution < 1.29 is 0 Å². The third kappa shape index (κ3) is 10.8. The first-order valence-electron chi connectivity index (χ1n) is 4.77. The number of nitrogens with zero attached hydrogens (tertiary/aromatic N) is 2. The highest BCUT2D eigenvalue weighted by atomic mass is 35.5. The highest BCUT2D eigenvalue weighted by molar-refractivity contribution is 5.85. The molecule has 0 bridgehead atoms. The zero-order valence-corrected chi connectivity index (χ0v) is 9.95. The second-order valence-electron chi connectivity index (χ2n) is 2.88. The van der Waals surface area contributed by atoms with Gasteiger partial charge in [0.15, 0.2) is 0 Å². The van der Waals surface area contributed by atoms with Gasteiger partial charge in [-0.2, -0.15) is 0 Å². The fourth-order valence-electron chi connectivity index (χ4n) is 0.783. The van der Waals surface area contributed by atoms with Crippen LogP contribution in [0.1, 0.15) is 39.5 Å². The molecule has 0 amide bonds. The molecule has 7 heteroatoms. The van der Waals surface area contributed by atoms with Crippen molar-refractivity contribution in [3.05, 3.63) is 0 Å². The lowest BCUT2D eigenvalue weighted by Crippen LogP contribution is -2.19. The maximum Gasteiger partial charge on any atom is 0.115 e. The van der Waals surface area contributed by atoms with Gasteiger partial charge in [0.2, 0.25) is 0 Å². The van der Waals surface area contributed by atoms with E-state index in [-0.39, 0.29) is 12.4 Å². The molecule has 0 aliphatic carbocycles. The van der Waals surface area contributed by atoms with Crippen LogP contribution in [-0.2, 0) is 0 Å². The van der Waals surface area contributed by atoms with E-state index in [2.05, 4.69) is 21.3 Å². The average Bonchev–Trinajstić information content (AvgIpc) is 2.13. The van der Waals surface area contributed by atoms with Crippen LogP contribution in [0, 0.1) is 10.8 Å². The summed E-state index contributed by atoms with van der Waals surface area (Å²) in [4.78, 5) is 0. The second-order valence-corrected chi connectivity index (χ2v) is 2.88. The largest absolute Gasteiger partial charge is 0.287 e. The zero-order valence-electron chi connectivity index (χ0n) is 9.13. The maximum atomic E-state index is 7.31. The van der Waals surface area contributed by atoms with Crippen molar-refractivity contribution in [2.75, 3.05) is 0 Å². The fourth-order valence-corrected chi connectivity index (χ4v) is 0.783. The summed E-state index contributed by atoms with van der Waals surface area (Å²) in [6.07, 6.45) is 3.12. The Morgan fingerprint density at radius 2 is 1.27 bits per heavy atom. The molecule has 4 N–H and O–H groups in total. The second kappa shape index (κ2) is 10.9. The van der Waals surface area contributed by atoms with Crippen LogP contribution in [0.2, 0.25) is 0 Å². The summed E-state index contributed by atoms with van der Waals surface area (Å²) in [5.41, 5.74) is 4.93. The minimum absolute atomic E-state index is 0. The standard InChI is InChI=1S/C8H18N6.ClH/c1-3-5-7(9)11-13-14-12-8(10)6-4-2;/h3-6H2,1-2H3,(H2,9,11,14)(H2,10,12,13);1H. The minimum Gasteiger partial charge on any atom is -0.287 e. The number of hydrogen-bond acceptors (Lipinski definition) is 4. The number of nitrogens with one attached hydrogen (secondary N) is 4. The Kier molecular flexibility index (Phi) is 11.8. The van der Waals surface area contributed by atoms with Crippen LogP contribution in [0.3, 0.4) is 0 Å². The van der Waals surface area contributed by atoms with Crippen molar-refractivity contribution in [3.8, 4) is 0 Å². The lowest BCUT2D eigenvalue weighted by atomic mass is 10.3. The molecule has 0 saturated heterocycles. The van der Waals surface area contributed by atoms with Crippen LogP contribution >= 0.6 is 12.4 Å². The Hall–Kier alpha value is -1.17. The molecule has 15 heavy (non-hydrogen) atoms. The van der Waals surface area contributed by atoms with Gasteiger partial charge in [0.25, 0.3) is 0 Å². The van der Waals surface area contributed by atoms with Crippen molar-refractivity contribution in [1.29, 1.82) is 10.8 Å². The molecule has 0 atom stereocenters. The lowest BCUT2D eigenvalue weighted by molar-refractivity contribution is 0.757. The van der Waals surface area contributed by atoms with Gasteiger partial charge < -0.3 is 0 Å². The normalized spacial score (nSPS) is 9.47. The van der Waals surface area contributed by atoms with Crippen LogP contribution in [0.25, 0.3) is 0 Å². The Balaban J connectivity index is 0. The third-order valence-corrected chi connectivity index (χ3v) is 1.42. The van der Waals surface area contributed by atoms with E-state index in [9.17, 15) is 0 Å². The van der Waals surface area contributed by atoms with Gasteiger partial charge in [-0.1, -0.05) is 13.8 Å². The van der Waals surface area contributed by atoms with Crippen molar-refractivity contribution in [3.63, 3.8) is 0 Å². The monoisotopic (exact) mass is 234 g/mol. The molecule has 88 valence electrons. The van der Waals surface area contributed by atoms with E-state index in [1.54, 1.807) is 0 Å². The lowest BCUT2D eigenvalue weighted by Gasteiger charge is -2.00. The van der Waals surface area contributed by atoms with Crippen molar-refractivity contribution in [2.45, 2.75) is 39.5 Å². The van der Waals surface area contributed by atoms with Gasteiger partial charge in [-0.25, -0.2) is 10.9 Å². The van der Waals surface area contributed by atoms with Crippen molar-refractivity contribution in [1.82, 2.24) is 10.9 Å². The van der Waals surface area contributed by atoms with Crippen LogP contribution in [0.4, 0.5) is 0 Å². The molecule has 0 heterocycles. The van der Waals surface area contributed by atoms with Gasteiger partial charge in [-0.3, -0.25) is 10.8 Å². The molecule has 0 spiro atoms. The topological polar surface area (TPSA) is 96.5 Å². The van der Waals surface area contributed by atoms with Gasteiger partial charge >= 0.3 is 0 Å². The molecule has 0 radical (unpaired) electrons. The molecule has 0 aromatic heterocycles. The predicted molar refractivity (Wildman–Crippen MR) is 63.6 cm³/mol. The van der Waals surface area contributed by atoms with Gasteiger partial charge in [-0.15, -0.1) is 12.4 Å². The molecule has 0 aliphatic rings. The van der Waals surface area contributed by atoms with Crippen LogP contribution < -0.4 is 10.9 Å². The highest BCUT2D eigenvalue weighted by Crippen LogP contribution is 1.87. The van der Waals surface area contributed by atoms with Crippen LogP contribution in [0.15, 0.2) is 10.4 Å². The molecule has 0 unspecified atom stereocenters. The molecule has 6 nitrogen and oxygen atoms in total. The smallest absolute Gasteiger partial charge is 0.115 e. The number of rotatable bonds is 6. The van der Waals surface area contributed by atoms with E-state index in [0.717, 1.165) is 12.8 Å². The van der Waals surface area contributed by atoms with Gasteiger partial charge in [0.1, 0.15) is 11.7 Å². The highest BCUT2D eigenvalue weighted by Gasteiger charge is 1.92. The first-order chi connectivity index (χ1) is 6.70. The zero-order chi connectivity index (χ0) is 10.8. The SMILES string of the molecule is CCCC(=N)NN=NNC(=N)CCC.Cl. The van der Waals surface area contributed by atoms with Gasteiger partial charge in [0, 0.05) is 12.8 Å². The van der Waals surface area contributed by atoms with Gasteiger partial charge in [-0.05, 0) is 23.3 Å². The summed E-state index contributed by atoms with van der Waals surface area (Å²) >= 11 is 0. The minimum atomic E-state index is 0. The number of hydrogen-bond donors (Lipinski definition) is 4. The third-order valence-electron chi connectivity index (χ3n) is 1.42. The summed E-state index contributed by atoms with van der Waals surface area (Å²) in [6.45, 7) is 3.98. The van der Waals surface area contributed by atoms with Crippen LogP contribution in [-0.4, -0.2) is 11.7 Å². The Labute approximate surface area is 96.3 Å². The maximum absolute atomic E-state index is 7.31. The predicted octanol–water partition coefficient (Wildman–Crippen LogP) is 2.42. The molecule has 0 fully saturated rings. The van der Waals surface area contributed by atoms with E-state index >= 15 is 0 Å². The van der Waals surface area contributed by atoms with Crippen LogP contribution in [0.5, 0.6) is 0 Å². The Morgan fingerprint density at radius 1 is 0.933 bits per heavy atom. The summed E-state index contributed by atoms with van der Waals surface area (Å²) < 4.78 is 0. The quantitative estimate of drug-likeness (QED) is 0.246.